The average molecular weight is 332 g/mol. The van der Waals surface area contributed by atoms with Crippen LogP contribution in [0.2, 0.25) is 5.02 Å². The summed E-state index contributed by atoms with van der Waals surface area (Å²) >= 11 is 6.79. The topological polar surface area (TPSA) is 63.3 Å². The molecule has 2 aromatic carbocycles. The molecule has 0 aliphatic rings. The maximum atomic E-state index is 11.4. The first kappa shape index (κ1) is 14.7. The van der Waals surface area contributed by atoms with E-state index >= 15 is 0 Å². The van der Waals surface area contributed by atoms with Crippen LogP contribution < -0.4 is 0 Å². The predicted octanol–water partition coefficient (Wildman–Crippen LogP) is 4.70. The largest absolute Gasteiger partial charge is 0.477 e. The Bertz CT molecular complexity index is 822. The Morgan fingerprint density at radius 2 is 1.91 bits per heavy atom. The van der Waals surface area contributed by atoms with Gasteiger partial charge in [0.1, 0.15) is 10.4 Å². The summed E-state index contributed by atoms with van der Waals surface area (Å²) in [4.78, 5) is 15.8. The van der Waals surface area contributed by atoms with Gasteiger partial charge in [0.2, 0.25) is 0 Å². The van der Waals surface area contributed by atoms with E-state index in [1.54, 1.807) is 36.4 Å². The molecule has 4 nitrogen and oxygen atoms in total. The summed E-state index contributed by atoms with van der Waals surface area (Å²) < 4.78 is 5.53. The van der Waals surface area contributed by atoms with Gasteiger partial charge in [-0.3, -0.25) is 0 Å². The van der Waals surface area contributed by atoms with Crippen LogP contribution in [0.15, 0.2) is 63.1 Å². The summed E-state index contributed by atoms with van der Waals surface area (Å²) in [6.45, 7) is 0. The lowest BCUT2D eigenvalue weighted by Crippen LogP contribution is -1.96. The second-order valence-electron chi connectivity index (χ2n) is 4.41. The molecule has 1 aromatic heterocycles. The fourth-order valence-electron chi connectivity index (χ4n) is 1.83. The van der Waals surface area contributed by atoms with E-state index in [9.17, 15) is 9.90 Å². The molecule has 22 heavy (non-hydrogen) atoms. The van der Waals surface area contributed by atoms with Crippen molar-refractivity contribution in [2.45, 2.75) is 5.22 Å². The number of aromatic nitrogens is 1. The van der Waals surface area contributed by atoms with Gasteiger partial charge in [-0.1, -0.05) is 35.9 Å². The highest BCUT2D eigenvalue weighted by molar-refractivity contribution is 8.03. The smallest absolute Gasteiger partial charge is 0.342 e. The first-order chi connectivity index (χ1) is 10.6. The molecule has 0 spiro atoms. The zero-order valence-electron chi connectivity index (χ0n) is 11.2. The second kappa shape index (κ2) is 6.25. The van der Waals surface area contributed by atoms with Gasteiger partial charge in [0, 0.05) is 5.02 Å². The van der Waals surface area contributed by atoms with Crippen molar-refractivity contribution in [3.8, 4) is 0 Å². The van der Waals surface area contributed by atoms with Crippen LogP contribution in [-0.4, -0.2) is 16.1 Å². The summed E-state index contributed by atoms with van der Waals surface area (Å²) in [6.07, 6.45) is 1.55. The van der Waals surface area contributed by atoms with Crippen LogP contribution in [0, 0.1) is 0 Å². The van der Waals surface area contributed by atoms with Crippen LogP contribution >= 0.6 is 23.4 Å². The van der Waals surface area contributed by atoms with Gasteiger partial charge < -0.3 is 9.52 Å². The molecule has 1 heterocycles. The Morgan fingerprint density at radius 3 is 2.59 bits per heavy atom. The summed E-state index contributed by atoms with van der Waals surface area (Å²) in [5.41, 5.74) is 2.06. The number of para-hydroxylation sites is 2. The Labute approximate surface area is 135 Å². The van der Waals surface area contributed by atoms with Gasteiger partial charge in [-0.05, 0) is 47.7 Å². The minimum Gasteiger partial charge on any atom is -0.477 e. The molecule has 3 rings (SSSR count). The van der Waals surface area contributed by atoms with Gasteiger partial charge in [-0.25, -0.2) is 9.78 Å². The van der Waals surface area contributed by atoms with E-state index in [2.05, 4.69) is 4.98 Å². The van der Waals surface area contributed by atoms with Crippen molar-refractivity contribution in [1.82, 2.24) is 4.98 Å². The molecule has 0 saturated heterocycles. The number of carbonyl (C=O) groups is 1. The number of halogens is 1. The van der Waals surface area contributed by atoms with Gasteiger partial charge >= 0.3 is 5.97 Å². The molecule has 6 heteroatoms. The van der Waals surface area contributed by atoms with Crippen molar-refractivity contribution in [2.24, 2.45) is 0 Å². The van der Waals surface area contributed by atoms with Crippen LogP contribution in [0.1, 0.15) is 5.56 Å². The number of fused-ring (bicyclic) bond motifs is 1. The Kier molecular flexibility index (Phi) is 4.18. The Balaban J connectivity index is 1.91. The van der Waals surface area contributed by atoms with Crippen molar-refractivity contribution in [1.29, 1.82) is 0 Å². The van der Waals surface area contributed by atoms with Gasteiger partial charge in [0.05, 0.1) is 0 Å². The SMILES string of the molecule is O=C(O)/C(=C/c1ccc(Cl)cc1)Sc1nc2ccccc2o1. The number of aliphatic carboxylic acids is 1. The Hall–Kier alpha value is -2.24. The van der Waals surface area contributed by atoms with Gasteiger partial charge in [0.15, 0.2) is 5.58 Å². The maximum absolute atomic E-state index is 11.4. The standard InChI is InChI=1S/C16H10ClNO3S/c17-11-7-5-10(6-8-11)9-14(15(19)20)22-16-18-12-3-1-2-4-13(12)21-16/h1-9H,(H,19,20)/b14-9-. The van der Waals surface area contributed by atoms with Crippen LogP contribution in [-0.2, 0) is 4.79 Å². The predicted molar refractivity (Wildman–Crippen MR) is 86.9 cm³/mol. The van der Waals surface area contributed by atoms with Crippen molar-refractivity contribution in [2.75, 3.05) is 0 Å². The number of carboxylic acid groups (broad SMARTS) is 1. The fourth-order valence-corrected chi connectivity index (χ4v) is 2.71. The molecular weight excluding hydrogens is 322 g/mol. The number of hydrogen-bond donors (Lipinski definition) is 1. The molecule has 0 radical (unpaired) electrons. The number of hydrogen-bond acceptors (Lipinski definition) is 4. The second-order valence-corrected chi connectivity index (χ2v) is 5.84. The molecule has 0 fully saturated rings. The van der Waals surface area contributed by atoms with Crippen LogP contribution in [0.5, 0.6) is 0 Å². The minimum absolute atomic E-state index is 0.119. The van der Waals surface area contributed by atoms with E-state index in [1.807, 2.05) is 18.2 Å². The van der Waals surface area contributed by atoms with E-state index in [-0.39, 0.29) is 4.91 Å². The van der Waals surface area contributed by atoms with Crippen molar-refractivity contribution in [3.05, 3.63) is 64.0 Å². The van der Waals surface area contributed by atoms with E-state index in [1.165, 1.54) is 0 Å². The van der Waals surface area contributed by atoms with Crippen molar-refractivity contribution < 1.29 is 14.3 Å². The number of nitrogens with zero attached hydrogens (tertiary/aromatic N) is 1. The highest BCUT2D eigenvalue weighted by Gasteiger charge is 2.14. The minimum atomic E-state index is -1.04. The molecule has 3 aromatic rings. The molecule has 1 N–H and O–H groups in total. The highest BCUT2D eigenvalue weighted by atomic mass is 35.5. The third-order valence-electron chi connectivity index (χ3n) is 2.85. The van der Waals surface area contributed by atoms with Gasteiger partial charge in [-0.2, -0.15) is 0 Å². The lowest BCUT2D eigenvalue weighted by molar-refractivity contribution is -0.131. The zero-order chi connectivity index (χ0) is 15.5. The lowest BCUT2D eigenvalue weighted by atomic mass is 10.2. The summed E-state index contributed by atoms with van der Waals surface area (Å²) in [6, 6.07) is 14.2. The van der Waals surface area contributed by atoms with E-state index < -0.39 is 5.97 Å². The highest BCUT2D eigenvalue weighted by Crippen LogP contribution is 2.30. The number of oxazole rings is 1. The molecular formula is C16H10ClNO3S. The number of thioether (sulfide) groups is 1. The quantitative estimate of drug-likeness (QED) is 0.554. The summed E-state index contributed by atoms with van der Waals surface area (Å²) in [5, 5.41) is 10.2. The lowest BCUT2D eigenvalue weighted by Gasteiger charge is -1.99. The third kappa shape index (κ3) is 3.32. The number of carboxylic acids is 1. The molecule has 0 aliphatic carbocycles. The number of rotatable bonds is 4. The van der Waals surface area contributed by atoms with Crippen LogP contribution in [0.25, 0.3) is 17.2 Å². The van der Waals surface area contributed by atoms with Crippen LogP contribution in [0.3, 0.4) is 0 Å². The summed E-state index contributed by atoms with van der Waals surface area (Å²) in [7, 11) is 0. The van der Waals surface area contributed by atoms with E-state index in [0.717, 1.165) is 17.3 Å². The van der Waals surface area contributed by atoms with E-state index in [4.69, 9.17) is 16.0 Å². The molecule has 0 atom stereocenters. The fraction of sp³-hybridized carbons (Fsp3) is 0. The maximum Gasteiger partial charge on any atom is 0.342 e. The van der Waals surface area contributed by atoms with Gasteiger partial charge in [0.25, 0.3) is 5.22 Å². The van der Waals surface area contributed by atoms with Gasteiger partial charge in [-0.15, -0.1) is 0 Å². The molecule has 0 saturated carbocycles. The van der Waals surface area contributed by atoms with Crippen molar-refractivity contribution >= 4 is 46.5 Å². The molecule has 0 bridgehead atoms. The normalized spacial score (nSPS) is 11.8. The first-order valence-corrected chi connectivity index (χ1v) is 7.55. The van der Waals surface area contributed by atoms with E-state index in [0.29, 0.717) is 21.3 Å². The Morgan fingerprint density at radius 1 is 1.18 bits per heavy atom. The third-order valence-corrected chi connectivity index (χ3v) is 3.96. The monoisotopic (exact) mass is 331 g/mol. The zero-order valence-corrected chi connectivity index (χ0v) is 12.8. The van der Waals surface area contributed by atoms with Crippen molar-refractivity contribution in [3.63, 3.8) is 0 Å². The average Bonchev–Trinajstić information content (AvgIpc) is 2.91. The molecule has 0 amide bonds. The summed E-state index contributed by atoms with van der Waals surface area (Å²) in [5.74, 6) is -1.04. The number of benzene rings is 2. The molecule has 0 aliphatic heterocycles. The van der Waals surface area contributed by atoms with Crippen LogP contribution in [0.4, 0.5) is 0 Å². The molecule has 110 valence electrons. The molecule has 0 unspecified atom stereocenters. The first-order valence-electron chi connectivity index (χ1n) is 6.36.